The zero-order valence-electron chi connectivity index (χ0n) is 10.9. The molecule has 1 aliphatic heterocycles. The number of allylic oxidation sites excluding steroid dienone is 2. The summed E-state index contributed by atoms with van der Waals surface area (Å²) in [5, 5.41) is 2.27. The summed E-state index contributed by atoms with van der Waals surface area (Å²) in [7, 11) is 0. The third kappa shape index (κ3) is 1.90. The molecule has 0 saturated carbocycles. The molecule has 0 radical (unpaired) electrons. The average molecular weight is 250 g/mol. The summed E-state index contributed by atoms with van der Waals surface area (Å²) >= 11 is 0. The van der Waals surface area contributed by atoms with Gasteiger partial charge in [0.2, 0.25) is 0 Å². The number of quaternary nitrogens is 1. The normalized spacial score (nSPS) is 16.1. The van der Waals surface area contributed by atoms with Gasteiger partial charge in [0, 0.05) is 0 Å². The van der Waals surface area contributed by atoms with Gasteiger partial charge in [0.1, 0.15) is 12.4 Å². The van der Waals surface area contributed by atoms with Crippen LogP contribution in [0.2, 0.25) is 0 Å². The Morgan fingerprint density at radius 3 is 2.37 bits per heavy atom. The number of amides is 1. The highest BCUT2D eigenvalue weighted by Crippen LogP contribution is 2.23. The number of benzene rings is 2. The summed E-state index contributed by atoms with van der Waals surface area (Å²) in [4.78, 5) is 12.7. The number of hydrogen-bond acceptors (Lipinski definition) is 1. The Bertz CT molecular complexity index is 685. The predicted octanol–water partition coefficient (Wildman–Crippen LogP) is 3.86. The summed E-state index contributed by atoms with van der Waals surface area (Å²) in [6.45, 7) is 2.76. The van der Waals surface area contributed by atoms with Crippen molar-refractivity contribution in [3.8, 4) is 0 Å². The van der Waals surface area contributed by atoms with Crippen molar-refractivity contribution in [2.24, 2.45) is 0 Å². The number of hydrogen-bond donors (Lipinski definition) is 0. The molecule has 1 heterocycles. The van der Waals surface area contributed by atoms with Crippen LogP contribution in [0.5, 0.6) is 0 Å². The monoisotopic (exact) mass is 250 g/mol. The molecule has 2 nitrogen and oxygen atoms in total. The highest BCUT2D eigenvalue weighted by atomic mass is 16.2. The van der Waals surface area contributed by atoms with Crippen LogP contribution in [0.15, 0.2) is 67.0 Å². The molecule has 1 aliphatic rings. The van der Waals surface area contributed by atoms with Crippen LogP contribution in [-0.2, 0) is 0 Å². The maximum Gasteiger partial charge on any atom is 0.355 e. The van der Waals surface area contributed by atoms with E-state index in [9.17, 15) is 4.79 Å². The van der Waals surface area contributed by atoms with E-state index in [-0.39, 0.29) is 10.4 Å². The molecule has 0 spiro atoms. The Labute approximate surface area is 112 Å². The number of carbonyl (C=O) groups is 1. The van der Waals surface area contributed by atoms with Gasteiger partial charge in [-0.1, -0.05) is 30.3 Å². The van der Waals surface area contributed by atoms with Crippen LogP contribution in [0, 0.1) is 0 Å². The van der Waals surface area contributed by atoms with Crippen LogP contribution < -0.4 is 0 Å². The van der Waals surface area contributed by atoms with Crippen LogP contribution in [-0.4, -0.2) is 16.9 Å². The van der Waals surface area contributed by atoms with Gasteiger partial charge < -0.3 is 0 Å². The lowest BCUT2D eigenvalue weighted by molar-refractivity contribution is -0.736. The molecular formula is C17H16NO+. The van der Waals surface area contributed by atoms with Gasteiger partial charge >= 0.3 is 5.91 Å². The van der Waals surface area contributed by atoms with Crippen LogP contribution in [0.3, 0.4) is 0 Å². The van der Waals surface area contributed by atoms with Crippen molar-refractivity contribution in [3.05, 3.63) is 72.6 Å². The molecule has 94 valence electrons. The quantitative estimate of drug-likeness (QED) is 0.740. The van der Waals surface area contributed by atoms with Crippen molar-refractivity contribution in [2.75, 3.05) is 6.54 Å². The number of rotatable bonds is 2. The van der Waals surface area contributed by atoms with Crippen molar-refractivity contribution >= 4 is 16.7 Å². The minimum absolute atomic E-state index is 0.123. The van der Waals surface area contributed by atoms with Gasteiger partial charge in [0.15, 0.2) is 0 Å². The molecule has 2 aromatic carbocycles. The van der Waals surface area contributed by atoms with Crippen molar-refractivity contribution in [2.45, 2.75) is 6.92 Å². The van der Waals surface area contributed by atoms with Crippen molar-refractivity contribution in [3.63, 3.8) is 0 Å². The SMILES string of the molecule is CC[N+]1(C(=O)c2ccc3ccccc3c2)C=CC=C1. The number of fused-ring (bicyclic) bond motifs is 1. The molecule has 0 bridgehead atoms. The Balaban J connectivity index is 2.07. The lowest BCUT2D eigenvalue weighted by atomic mass is 10.1. The fraction of sp³-hybridized carbons (Fsp3) is 0.118. The molecule has 0 fully saturated rings. The third-order valence-electron chi connectivity index (χ3n) is 3.71. The van der Waals surface area contributed by atoms with Gasteiger partial charge in [-0.05, 0) is 42.0 Å². The van der Waals surface area contributed by atoms with E-state index in [0.29, 0.717) is 0 Å². The zero-order chi connectivity index (χ0) is 13.3. The first kappa shape index (κ1) is 11.9. The Kier molecular flexibility index (Phi) is 2.80. The molecule has 0 unspecified atom stereocenters. The summed E-state index contributed by atoms with van der Waals surface area (Å²) in [6.07, 6.45) is 7.75. The smallest absolute Gasteiger partial charge is 0.225 e. The standard InChI is InChI=1S/C17H16NO/c1-2-18(11-5-6-12-18)17(19)16-10-9-14-7-3-4-8-15(14)13-16/h3-13H,2H2,1H3/q+1. The Hall–Kier alpha value is -2.19. The minimum atomic E-state index is 0.123. The fourth-order valence-corrected chi connectivity index (χ4v) is 2.51. The fourth-order valence-electron chi connectivity index (χ4n) is 2.51. The van der Waals surface area contributed by atoms with Gasteiger partial charge in [0.25, 0.3) is 0 Å². The van der Waals surface area contributed by atoms with Gasteiger partial charge in [-0.15, -0.1) is 0 Å². The number of nitrogens with zero attached hydrogens (tertiary/aromatic N) is 1. The first-order valence-electron chi connectivity index (χ1n) is 6.53. The molecule has 0 atom stereocenters. The van der Waals surface area contributed by atoms with E-state index in [1.165, 1.54) is 0 Å². The summed E-state index contributed by atoms with van der Waals surface area (Å²) in [5.41, 5.74) is 0.761. The highest BCUT2D eigenvalue weighted by Gasteiger charge is 2.33. The average Bonchev–Trinajstić information content (AvgIpc) is 2.96. The van der Waals surface area contributed by atoms with Crippen LogP contribution in [0.4, 0.5) is 0 Å². The summed E-state index contributed by atoms with van der Waals surface area (Å²) in [6, 6.07) is 14.0. The van der Waals surface area contributed by atoms with E-state index in [1.807, 2.05) is 67.9 Å². The number of carbonyl (C=O) groups excluding carboxylic acids is 1. The molecular weight excluding hydrogens is 234 g/mol. The van der Waals surface area contributed by atoms with E-state index >= 15 is 0 Å². The van der Waals surface area contributed by atoms with Crippen molar-refractivity contribution < 1.29 is 9.28 Å². The van der Waals surface area contributed by atoms with E-state index in [1.54, 1.807) is 0 Å². The van der Waals surface area contributed by atoms with Gasteiger partial charge in [-0.25, -0.2) is 9.28 Å². The van der Waals surface area contributed by atoms with Gasteiger partial charge in [-0.3, -0.25) is 0 Å². The van der Waals surface area contributed by atoms with E-state index in [0.717, 1.165) is 22.9 Å². The molecule has 0 saturated heterocycles. The topological polar surface area (TPSA) is 17.1 Å². The van der Waals surface area contributed by atoms with Gasteiger partial charge in [-0.2, -0.15) is 0 Å². The van der Waals surface area contributed by atoms with Gasteiger partial charge in [0.05, 0.1) is 12.1 Å². The molecule has 19 heavy (non-hydrogen) atoms. The Morgan fingerprint density at radius 2 is 1.68 bits per heavy atom. The van der Waals surface area contributed by atoms with Crippen LogP contribution in [0.1, 0.15) is 17.3 Å². The third-order valence-corrected chi connectivity index (χ3v) is 3.71. The molecule has 1 amide bonds. The van der Waals surface area contributed by atoms with Crippen LogP contribution >= 0.6 is 0 Å². The highest BCUT2D eigenvalue weighted by molar-refractivity contribution is 5.95. The largest absolute Gasteiger partial charge is 0.355 e. The minimum Gasteiger partial charge on any atom is -0.225 e. The van der Waals surface area contributed by atoms with Crippen LogP contribution in [0.25, 0.3) is 10.8 Å². The van der Waals surface area contributed by atoms with Crippen molar-refractivity contribution in [1.29, 1.82) is 0 Å². The lowest BCUT2D eigenvalue weighted by Gasteiger charge is -2.24. The van der Waals surface area contributed by atoms with E-state index < -0.39 is 0 Å². The lowest BCUT2D eigenvalue weighted by Crippen LogP contribution is -2.41. The molecule has 0 aliphatic carbocycles. The van der Waals surface area contributed by atoms with Crippen molar-refractivity contribution in [1.82, 2.24) is 0 Å². The predicted molar refractivity (Wildman–Crippen MR) is 77.4 cm³/mol. The molecule has 2 aromatic rings. The first-order valence-corrected chi connectivity index (χ1v) is 6.53. The first-order chi connectivity index (χ1) is 9.25. The second-order valence-corrected chi connectivity index (χ2v) is 4.80. The van der Waals surface area contributed by atoms with E-state index in [2.05, 4.69) is 6.07 Å². The zero-order valence-corrected chi connectivity index (χ0v) is 10.9. The molecule has 0 N–H and O–H groups in total. The molecule has 3 rings (SSSR count). The second-order valence-electron chi connectivity index (χ2n) is 4.80. The second kappa shape index (κ2) is 4.48. The summed E-state index contributed by atoms with van der Waals surface area (Å²) in [5.74, 6) is 0.123. The Morgan fingerprint density at radius 1 is 1.00 bits per heavy atom. The molecule has 2 heteroatoms. The molecule has 0 aromatic heterocycles. The maximum atomic E-state index is 12.7. The summed E-state index contributed by atoms with van der Waals surface area (Å²) < 4.78 is 0.276. The maximum absolute atomic E-state index is 12.7. The van der Waals surface area contributed by atoms with E-state index in [4.69, 9.17) is 0 Å².